The van der Waals surface area contributed by atoms with E-state index in [2.05, 4.69) is 54.0 Å². The number of thioether (sulfide) groups is 1. The van der Waals surface area contributed by atoms with Crippen LogP contribution in [-0.2, 0) is 5.75 Å². The maximum atomic E-state index is 4.74. The second-order valence-electron chi connectivity index (χ2n) is 4.64. The molecule has 2 heterocycles. The lowest BCUT2D eigenvalue weighted by molar-refractivity contribution is 0.894. The molecule has 18 heavy (non-hydrogen) atoms. The highest BCUT2D eigenvalue weighted by Gasteiger charge is 2.19. The zero-order valence-corrected chi connectivity index (χ0v) is 10.9. The van der Waals surface area contributed by atoms with E-state index in [0.29, 0.717) is 0 Å². The quantitative estimate of drug-likeness (QED) is 0.603. The van der Waals surface area contributed by atoms with Crippen molar-refractivity contribution in [3.05, 3.63) is 53.6 Å². The Morgan fingerprint density at radius 2 is 2.06 bits per heavy atom. The van der Waals surface area contributed by atoms with Crippen LogP contribution in [0, 0.1) is 6.92 Å². The van der Waals surface area contributed by atoms with Gasteiger partial charge in [0.2, 0.25) is 0 Å². The maximum absolute atomic E-state index is 4.74. The fraction of sp³-hybridized carbons (Fsp3) is 0.133. The molecule has 0 bridgehead atoms. The summed E-state index contributed by atoms with van der Waals surface area (Å²) in [5.41, 5.74) is 6.22. The van der Waals surface area contributed by atoms with Gasteiger partial charge in [-0.15, -0.1) is 0 Å². The van der Waals surface area contributed by atoms with Gasteiger partial charge in [0, 0.05) is 5.75 Å². The van der Waals surface area contributed by atoms with Gasteiger partial charge in [-0.2, -0.15) is 0 Å². The Balaban J connectivity index is 2.11. The lowest BCUT2D eigenvalue weighted by atomic mass is 10.2. The number of para-hydroxylation sites is 1. The molecule has 2 nitrogen and oxygen atoms in total. The third-order valence-corrected chi connectivity index (χ3v) is 4.36. The van der Waals surface area contributed by atoms with Crippen LogP contribution >= 0.6 is 11.8 Å². The molecule has 0 saturated heterocycles. The number of nitrogens with zero attached hydrogens (tertiary/aromatic N) is 2. The summed E-state index contributed by atoms with van der Waals surface area (Å²) in [6.45, 7) is 2.11. The molecule has 0 aliphatic carbocycles. The van der Waals surface area contributed by atoms with Crippen LogP contribution in [0.1, 0.15) is 11.1 Å². The smallest absolute Gasteiger partial charge is 0.174 e. The van der Waals surface area contributed by atoms with E-state index in [1.807, 2.05) is 11.8 Å². The number of rotatable bonds is 0. The molecule has 0 spiro atoms. The van der Waals surface area contributed by atoms with Gasteiger partial charge in [-0.25, -0.2) is 4.98 Å². The average Bonchev–Trinajstić information content (AvgIpc) is 2.76. The number of fused-ring (bicyclic) bond motifs is 5. The minimum Gasteiger partial charge on any atom is -0.287 e. The molecule has 0 N–H and O–H groups in total. The monoisotopic (exact) mass is 252 g/mol. The highest BCUT2D eigenvalue weighted by molar-refractivity contribution is 7.98. The van der Waals surface area contributed by atoms with Gasteiger partial charge in [0.1, 0.15) is 0 Å². The highest BCUT2D eigenvalue weighted by atomic mass is 32.2. The molecule has 0 saturated carbocycles. The molecule has 1 aromatic heterocycles. The van der Waals surface area contributed by atoms with Crippen molar-refractivity contribution in [1.29, 1.82) is 0 Å². The molecular weight excluding hydrogens is 240 g/mol. The molecule has 0 amide bonds. The molecule has 0 unspecified atom stereocenters. The van der Waals surface area contributed by atoms with Crippen LogP contribution in [0.2, 0.25) is 0 Å². The van der Waals surface area contributed by atoms with E-state index in [-0.39, 0.29) is 0 Å². The van der Waals surface area contributed by atoms with E-state index in [0.717, 1.165) is 16.4 Å². The number of aromatic nitrogens is 2. The van der Waals surface area contributed by atoms with Crippen LogP contribution in [-0.4, -0.2) is 9.55 Å². The Morgan fingerprint density at radius 1 is 1.17 bits per heavy atom. The van der Waals surface area contributed by atoms with E-state index in [9.17, 15) is 0 Å². The molecule has 0 fully saturated rings. The predicted octanol–water partition coefficient (Wildman–Crippen LogP) is 3.94. The highest BCUT2D eigenvalue weighted by Crippen LogP contribution is 2.36. The Hall–Kier alpha value is -1.74. The van der Waals surface area contributed by atoms with Crippen LogP contribution in [0.15, 0.2) is 47.6 Å². The van der Waals surface area contributed by atoms with Gasteiger partial charge < -0.3 is 0 Å². The fourth-order valence-corrected chi connectivity index (χ4v) is 3.51. The first-order valence-electron chi connectivity index (χ1n) is 6.03. The van der Waals surface area contributed by atoms with Gasteiger partial charge >= 0.3 is 0 Å². The van der Waals surface area contributed by atoms with Crippen molar-refractivity contribution < 1.29 is 0 Å². The Bertz CT molecular complexity index is 758. The second-order valence-corrected chi connectivity index (χ2v) is 5.58. The summed E-state index contributed by atoms with van der Waals surface area (Å²) < 4.78 is 2.28. The summed E-state index contributed by atoms with van der Waals surface area (Å²) in [5.74, 6) is 1.01. The number of benzene rings is 2. The largest absolute Gasteiger partial charge is 0.287 e. The van der Waals surface area contributed by atoms with E-state index in [4.69, 9.17) is 4.98 Å². The third kappa shape index (κ3) is 1.34. The summed E-state index contributed by atoms with van der Waals surface area (Å²) in [7, 11) is 0. The molecule has 2 aromatic carbocycles. The Labute approximate surface area is 110 Å². The SMILES string of the molecule is Cc1ccc2c(c1)nc1n2-c2ccccc2CS1. The van der Waals surface area contributed by atoms with Gasteiger partial charge in [0.15, 0.2) is 5.16 Å². The number of imidazole rings is 1. The molecule has 1 aliphatic rings. The third-order valence-electron chi connectivity index (χ3n) is 3.37. The van der Waals surface area contributed by atoms with Crippen LogP contribution in [0.5, 0.6) is 0 Å². The van der Waals surface area contributed by atoms with Crippen molar-refractivity contribution in [2.24, 2.45) is 0 Å². The number of hydrogen-bond acceptors (Lipinski definition) is 2. The molecular formula is C15H12N2S. The molecule has 1 aliphatic heterocycles. The van der Waals surface area contributed by atoms with Crippen molar-refractivity contribution in [1.82, 2.24) is 9.55 Å². The first-order chi connectivity index (χ1) is 8.83. The van der Waals surface area contributed by atoms with Gasteiger partial charge in [-0.1, -0.05) is 36.0 Å². The van der Waals surface area contributed by atoms with Crippen LogP contribution < -0.4 is 0 Å². The van der Waals surface area contributed by atoms with Crippen LogP contribution in [0.4, 0.5) is 0 Å². The van der Waals surface area contributed by atoms with E-state index < -0.39 is 0 Å². The normalized spacial score (nSPS) is 13.4. The zero-order chi connectivity index (χ0) is 12.1. The van der Waals surface area contributed by atoms with Gasteiger partial charge in [0.25, 0.3) is 0 Å². The lowest BCUT2D eigenvalue weighted by Gasteiger charge is -2.18. The molecule has 0 radical (unpaired) electrons. The summed E-state index contributed by atoms with van der Waals surface area (Å²) in [5, 5.41) is 1.11. The minimum atomic E-state index is 1.01. The Kier molecular flexibility index (Phi) is 2.06. The lowest BCUT2D eigenvalue weighted by Crippen LogP contribution is -2.05. The maximum Gasteiger partial charge on any atom is 0.174 e. The van der Waals surface area contributed by atoms with Crippen LogP contribution in [0.25, 0.3) is 16.7 Å². The van der Waals surface area contributed by atoms with Gasteiger partial charge in [-0.05, 0) is 36.2 Å². The summed E-state index contributed by atoms with van der Waals surface area (Å²) in [4.78, 5) is 4.74. The van der Waals surface area contributed by atoms with E-state index >= 15 is 0 Å². The number of aryl methyl sites for hydroxylation is 1. The average molecular weight is 252 g/mol. The number of hydrogen-bond donors (Lipinski definition) is 0. The second kappa shape index (κ2) is 3.62. The Morgan fingerprint density at radius 3 is 3.00 bits per heavy atom. The van der Waals surface area contributed by atoms with Gasteiger partial charge in [0.05, 0.1) is 16.7 Å². The predicted molar refractivity (Wildman–Crippen MR) is 75.4 cm³/mol. The fourth-order valence-electron chi connectivity index (χ4n) is 2.49. The zero-order valence-electron chi connectivity index (χ0n) is 10.1. The summed E-state index contributed by atoms with van der Waals surface area (Å²) >= 11 is 1.81. The summed E-state index contributed by atoms with van der Waals surface area (Å²) in [6.07, 6.45) is 0. The van der Waals surface area contributed by atoms with E-state index in [1.54, 1.807) is 0 Å². The molecule has 0 atom stereocenters. The molecule has 3 heteroatoms. The van der Waals surface area contributed by atoms with Crippen molar-refractivity contribution in [3.63, 3.8) is 0 Å². The van der Waals surface area contributed by atoms with Crippen molar-refractivity contribution >= 4 is 22.8 Å². The molecule has 4 rings (SSSR count). The van der Waals surface area contributed by atoms with Crippen molar-refractivity contribution in [2.75, 3.05) is 0 Å². The minimum absolute atomic E-state index is 1.01. The standard InChI is InChI=1S/C15H12N2S/c1-10-6-7-14-12(8-10)16-15-17(14)13-5-3-2-4-11(13)9-18-15/h2-8H,9H2,1H3. The topological polar surface area (TPSA) is 17.8 Å². The molecule has 88 valence electrons. The van der Waals surface area contributed by atoms with Crippen LogP contribution in [0.3, 0.4) is 0 Å². The molecule has 3 aromatic rings. The first kappa shape index (κ1) is 10.2. The van der Waals surface area contributed by atoms with Crippen molar-refractivity contribution in [2.45, 2.75) is 17.8 Å². The van der Waals surface area contributed by atoms with Gasteiger partial charge in [-0.3, -0.25) is 4.57 Å². The van der Waals surface area contributed by atoms with E-state index in [1.165, 1.54) is 22.3 Å². The van der Waals surface area contributed by atoms with Crippen molar-refractivity contribution in [3.8, 4) is 5.69 Å². The first-order valence-corrected chi connectivity index (χ1v) is 7.02. The summed E-state index contributed by atoms with van der Waals surface area (Å²) in [6, 6.07) is 15.1.